The summed E-state index contributed by atoms with van der Waals surface area (Å²) in [6.07, 6.45) is 3.07. The molecule has 2 heterocycles. The Morgan fingerprint density at radius 2 is 1.17 bits per heavy atom. The number of carbonyl (C=O) groups excluding carboxylic acids is 2. The molecular weight excluding hydrogens is 388 g/mol. The van der Waals surface area contributed by atoms with Crippen molar-refractivity contribution in [3.63, 3.8) is 0 Å². The van der Waals surface area contributed by atoms with Crippen molar-refractivity contribution in [3.05, 3.63) is 61.2 Å². The van der Waals surface area contributed by atoms with E-state index in [0.717, 1.165) is 22.1 Å². The summed E-state index contributed by atoms with van der Waals surface area (Å²) in [5.74, 6) is -0.634. The zero-order valence-electron chi connectivity index (χ0n) is 16.0. The first kappa shape index (κ1) is 19.6. The van der Waals surface area contributed by atoms with Crippen LogP contribution in [0.1, 0.15) is 0 Å². The topological polar surface area (TPSA) is 112 Å². The molecule has 0 spiro atoms. The van der Waals surface area contributed by atoms with Crippen LogP contribution >= 0.6 is 0 Å². The predicted molar refractivity (Wildman–Crippen MR) is 110 cm³/mol. The third-order valence-corrected chi connectivity index (χ3v) is 4.24. The van der Waals surface area contributed by atoms with Crippen LogP contribution in [0.2, 0.25) is 0 Å². The van der Waals surface area contributed by atoms with Crippen LogP contribution in [0.5, 0.6) is 0 Å². The first-order chi connectivity index (χ1) is 14.7. The second-order valence-corrected chi connectivity index (χ2v) is 6.38. The number of benzene rings is 2. The molecule has 4 aromatic rings. The van der Waals surface area contributed by atoms with Gasteiger partial charge >= 0.3 is 0 Å². The third-order valence-electron chi connectivity index (χ3n) is 4.24. The van der Waals surface area contributed by atoms with Crippen molar-refractivity contribution in [2.75, 3.05) is 37.3 Å². The standard InChI is InChI=1S/C20H20N6O4/c27-19(23-25-13-21-15-5-1-3-7-17(15)25)11-29-9-10-30-12-20(28)24-26-14-22-16-6-2-4-8-18(16)26/h1-8,13-14H,9-12H2,(H,23,27)(H,24,28). The molecule has 10 heteroatoms. The summed E-state index contributed by atoms with van der Waals surface area (Å²) in [6.45, 7) is 0.0882. The molecule has 30 heavy (non-hydrogen) atoms. The van der Waals surface area contributed by atoms with Gasteiger partial charge in [-0.15, -0.1) is 0 Å². The van der Waals surface area contributed by atoms with E-state index in [1.807, 2.05) is 48.5 Å². The summed E-state index contributed by atoms with van der Waals surface area (Å²) in [6, 6.07) is 14.9. The fraction of sp³-hybridized carbons (Fsp3) is 0.200. The van der Waals surface area contributed by atoms with Gasteiger partial charge in [-0.2, -0.15) is 0 Å². The van der Waals surface area contributed by atoms with Crippen molar-refractivity contribution in [2.24, 2.45) is 0 Å². The highest BCUT2D eigenvalue weighted by atomic mass is 16.5. The molecule has 0 saturated heterocycles. The van der Waals surface area contributed by atoms with Crippen molar-refractivity contribution in [1.82, 2.24) is 19.3 Å². The molecule has 0 atom stereocenters. The van der Waals surface area contributed by atoms with Gasteiger partial charge in [-0.1, -0.05) is 24.3 Å². The predicted octanol–water partition coefficient (Wildman–Crippen LogP) is 1.26. The Hall–Kier alpha value is -3.76. The lowest BCUT2D eigenvalue weighted by Gasteiger charge is -2.09. The fourth-order valence-corrected chi connectivity index (χ4v) is 2.88. The normalized spacial score (nSPS) is 11.1. The molecular formula is C20H20N6O4. The van der Waals surface area contributed by atoms with Gasteiger partial charge in [0.2, 0.25) is 0 Å². The first-order valence-electron chi connectivity index (χ1n) is 9.30. The average Bonchev–Trinajstić information content (AvgIpc) is 3.35. The molecule has 2 aromatic carbocycles. The molecule has 2 N–H and O–H groups in total. The van der Waals surface area contributed by atoms with Crippen LogP contribution in [0.15, 0.2) is 61.2 Å². The number of para-hydroxylation sites is 4. The second-order valence-electron chi connectivity index (χ2n) is 6.38. The number of nitrogens with one attached hydrogen (secondary N) is 2. The Morgan fingerprint density at radius 3 is 1.63 bits per heavy atom. The number of aromatic nitrogens is 4. The summed E-state index contributed by atoms with van der Waals surface area (Å²) in [5, 5.41) is 0. The lowest BCUT2D eigenvalue weighted by Crippen LogP contribution is -2.28. The van der Waals surface area contributed by atoms with Crippen LogP contribution in [0, 0.1) is 0 Å². The summed E-state index contributed by atoms with van der Waals surface area (Å²) in [4.78, 5) is 32.4. The highest BCUT2D eigenvalue weighted by Gasteiger charge is 2.08. The maximum absolute atomic E-state index is 12.0. The Bertz CT molecular complexity index is 1080. The first-order valence-corrected chi connectivity index (χ1v) is 9.30. The maximum Gasteiger partial charge on any atom is 0.264 e. The number of nitrogens with zero attached hydrogens (tertiary/aromatic N) is 4. The van der Waals surface area contributed by atoms with Crippen LogP contribution in [-0.4, -0.2) is 57.6 Å². The highest BCUT2D eigenvalue weighted by molar-refractivity contribution is 5.88. The van der Waals surface area contributed by atoms with Gasteiger partial charge in [-0.25, -0.2) is 19.3 Å². The number of hydrogen-bond acceptors (Lipinski definition) is 6. The summed E-state index contributed by atoms with van der Waals surface area (Å²) in [5.41, 5.74) is 8.55. The van der Waals surface area contributed by atoms with Gasteiger partial charge in [0.25, 0.3) is 11.8 Å². The number of carbonyl (C=O) groups is 2. The van der Waals surface area contributed by atoms with Gasteiger partial charge in [0.15, 0.2) is 0 Å². The minimum atomic E-state index is -0.317. The van der Waals surface area contributed by atoms with Crippen LogP contribution in [0.25, 0.3) is 22.1 Å². The van der Waals surface area contributed by atoms with E-state index in [4.69, 9.17) is 9.47 Å². The molecule has 0 bridgehead atoms. The molecule has 0 aliphatic rings. The lowest BCUT2D eigenvalue weighted by molar-refractivity contribution is -0.125. The molecule has 0 unspecified atom stereocenters. The molecule has 2 amide bonds. The van der Waals surface area contributed by atoms with Crippen molar-refractivity contribution in [1.29, 1.82) is 0 Å². The molecule has 10 nitrogen and oxygen atoms in total. The molecule has 4 rings (SSSR count). The summed E-state index contributed by atoms with van der Waals surface area (Å²) in [7, 11) is 0. The van der Waals surface area contributed by atoms with E-state index < -0.39 is 0 Å². The fourth-order valence-electron chi connectivity index (χ4n) is 2.88. The number of hydrogen-bond donors (Lipinski definition) is 2. The van der Waals surface area contributed by atoms with Gasteiger partial charge in [-0.3, -0.25) is 20.4 Å². The second kappa shape index (κ2) is 9.16. The quantitative estimate of drug-likeness (QED) is 0.403. The minimum absolute atomic E-state index is 0.136. The molecule has 0 fully saturated rings. The smallest absolute Gasteiger partial charge is 0.264 e. The number of ether oxygens (including phenoxy) is 2. The Balaban J connectivity index is 1.12. The zero-order valence-corrected chi connectivity index (χ0v) is 16.0. The SMILES string of the molecule is O=C(COCCOCC(=O)Nn1cnc2ccccc21)Nn1cnc2ccccc21. The van der Waals surface area contributed by atoms with Crippen LogP contribution in [-0.2, 0) is 19.1 Å². The molecule has 154 valence electrons. The van der Waals surface area contributed by atoms with Crippen molar-refractivity contribution in [2.45, 2.75) is 0 Å². The van der Waals surface area contributed by atoms with E-state index in [1.54, 1.807) is 9.35 Å². The van der Waals surface area contributed by atoms with Gasteiger partial charge in [0, 0.05) is 0 Å². The van der Waals surface area contributed by atoms with Crippen molar-refractivity contribution < 1.29 is 19.1 Å². The van der Waals surface area contributed by atoms with E-state index in [2.05, 4.69) is 20.8 Å². The van der Waals surface area contributed by atoms with E-state index in [-0.39, 0.29) is 38.2 Å². The van der Waals surface area contributed by atoms with Crippen LogP contribution in [0.3, 0.4) is 0 Å². The third kappa shape index (κ3) is 4.62. The average molecular weight is 408 g/mol. The number of amides is 2. The van der Waals surface area contributed by atoms with Crippen molar-refractivity contribution in [3.8, 4) is 0 Å². The van der Waals surface area contributed by atoms with Crippen molar-refractivity contribution >= 4 is 33.9 Å². The Kier molecular flexibility index (Phi) is 5.97. The summed E-state index contributed by atoms with van der Waals surface area (Å²) >= 11 is 0. The monoisotopic (exact) mass is 408 g/mol. The largest absolute Gasteiger partial charge is 0.369 e. The zero-order chi connectivity index (χ0) is 20.8. The molecule has 0 saturated carbocycles. The molecule has 0 aliphatic carbocycles. The number of rotatable bonds is 9. The molecule has 0 radical (unpaired) electrons. The minimum Gasteiger partial charge on any atom is -0.369 e. The van der Waals surface area contributed by atoms with E-state index in [9.17, 15) is 9.59 Å². The van der Waals surface area contributed by atoms with Gasteiger partial charge in [0.1, 0.15) is 25.9 Å². The lowest BCUT2D eigenvalue weighted by atomic mass is 10.3. The van der Waals surface area contributed by atoms with E-state index in [1.165, 1.54) is 12.7 Å². The number of imidazole rings is 2. The van der Waals surface area contributed by atoms with Crippen LogP contribution < -0.4 is 10.9 Å². The van der Waals surface area contributed by atoms with Crippen LogP contribution in [0.4, 0.5) is 0 Å². The van der Waals surface area contributed by atoms with Gasteiger partial charge < -0.3 is 9.47 Å². The maximum atomic E-state index is 12.0. The van der Waals surface area contributed by atoms with E-state index in [0.29, 0.717) is 0 Å². The van der Waals surface area contributed by atoms with Gasteiger partial charge in [-0.05, 0) is 24.3 Å². The molecule has 2 aromatic heterocycles. The van der Waals surface area contributed by atoms with Gasteiger partial charge in [0.05, 0.1) is 35.3 Å². The summed E-state index contributed by atoms with van der Waals surface area (Å²) < 4.78 is 13.7. The highest BCUT2D eigenvalue weighted by Crippen LogP contribution is 2.10. The Labute approximate surface area is 171 Å². The Morgan fingerprint density at radius 1 is 0.733 bits per heavy atom. The van der Waals surface area contributed by atoms with E-state index >= 15 is 0 Å². The number of fused-ring (bicyclic) bond motifs is 2. The molecule has 0 aliphatic heterocycles.